The van der Waals surface area contributed by atoms with Crippen LogP contribution in [0.4, 0.5) is 0 Å². The van der Waals surface area contributed by atoms with Crippen LogP contribution in [-0.2, 0) is 16.6 Å². The summed E-state index contributed by atoms with van der Waals surface area (Å²) in [6.07, 6.45) is 3.25. The van der Waals surface area contributed by atoms with Crippen molar-refractivity contribution in [3.63, 3.8) is 0 Å². The Morgan fingerprint density at radius 3 is 2.58 bits per heavy atom. The third kappa shape index (κ3) is 5.41. The van der Waals surface area contributed by atoms with Gasteiger partial charge in [-0.2, -0.15) is 0 Å². The zero-order chi connectivity index (χ0) is 19.3. The Morgan fingerprint density at radius 1 is 1.23 bits per heavy atom. The van der Waals surface area contributed by atoms with E-state index in [2.05, 4.69) is 15.0 Å². The van der Waals surface area contributed by atoms with Crippen LogP contribution in [-0.4, -0.2) is 25.9 Å². The minimum atomic E-state index is -3.86. The first-order valence-corrected chi connectivity index (χ1v) is 10.1. The number of carbonyl (C=O) groups is 1. The number of hydrogen-bond acceptors (Lipinski definition) is 4. The molecular formula is C17H19Cl2N3O3S. The molecule has 0 radical (unpaired) electrons. The minimum absolute atomic E-state index is 0.0323. The second-order valence-corrected chi connectivity index (χ2v) is 8.60. The summed E-state index contributed by atoms with van der Waals surface area (Å²) in [7, 11) is -3.86. The molecule has 0 saturated carbocycles. The zero-order valence-corrected chi connectivity index (χ0v) is 16.6. The quantitative estimate of drug-likeness (QED) is 0.725. The molecule has 2 aromatic rings. The summed E-state index contributed by atoms with van der Waals surface area (Å²) in [4.78, 5) is 16.2. The van der Waals surface area contributed by atoms with E-state index in [4.69, 9.17) is 23.2 Å². The average molecular weight is 416 g/mol. The van der Waals surface area contributed by atoms with Crippen molar-refractivity contribution in [1.29, 1.82) is 0 Å². The molecule has 1 amide bonds. The van der Waals surface area contributed by atoms with E-state index < -0.39 is 15.9 Å². The predicted octanol–water partition coefficient (Wildman–Crippen LogP) is 3.25. The van der Waals surface area contributed by atoms with Gasteiger partial charge in [0.15, 0.2) is 0 Å². The van der Waals surface area contributed by atoms with Crippen LogP contribution in [0.2, 0.25) is 10.0 Å². The first kappa shape index (κ1) is 20.6. The fraction of sp³-hybridized carbons (Fsp3) is 0.294. The fourth-order valence-corrected chi connectivity index (χ4v) is 4.11. The van der Waals surface area contributed by atoms with Gasteiger partial charge in [0.25, 0.3) is 5.91 Å². The molecule has 0 aliphatic carbocycles. The number of carbonyl (C=O) groups excluding carboxylic acids is 1. The van der Waals surface area contributed by atoms with Gasteiger partial charge in [-0.3, -0.25) is 9.78 Å². The maximum Gasteiger partial charge on any atom is 0.253 e. The number of aromatic nitrogens is 1. The average Bonchev–Trinajstić information content (AvgIpc) is 2.59. The largest absolute Gasteiger partial charge is 0.348 e. The van der Waals surface area contributed by atoms with E-state index in [0.717, 1.165) is 5.56 Å². The topological polar surface area (TPSA) is 88.2 Å². The van der Waals surface area contributed by atoms with Gasteiger partial charge in [-0.1, -0.05) is 43.1 Å². The first-order valence-electron chi connectivity index (χ1n) is 7.86. The van der Waals surface area contributed by atoms with Crippen LogP contribution in [0.1, 0.15) is 29.8 Å². The highest BCUT2D eigenvalue weighted by molar-refractivity contribution is 7.89. The highest BCUT2D eigenvalue weighted by Gasteiger charge is 2.22. The molecule has 1 aromatic heterocycles. The smallest absolute Gasteiger partial charge is 0.253 e. The van der Waals surface area contributed by atoms with Crippen LogP contribution in [0.15, 0.2) is 41.6 Å². The van der Waals surface area contributed by atoms with E-state index >= 15 is 0 Å². The Kier molecular flexibility index (Phi) is 7.00. The maximum absolute atomic E-state index is 12.4. The molecule has 2 N–H and O–H groups in total. The molecule has 26 heavy (non-hydrogen) atoms. The Labute approximate surface area is 163 Å². The fourth-order valence-electron chi connectivity index (χ4n) is 2.04. The Balaban J connectivity index is 2.25. The zero-order valence-electron chi connectivity index (χ0n) is 14.3. The molecule has 1 aromatic carbocycles. The van der Waals surface area contributed by atoms with Crippen molar-refractivity contribution < 1.29 is 13.2 Å². The molecule has 0 aliphatic heterocycles. The Hall–Kier alpha value is -1.67. The van der Waals surface area contributed by atoms with Gasteiger partial charge < -0.3 is 5.32 Å². The SMILES string of the molecule is CC(C)CNS(=O)(=O)c1cc(C(=O)NCc2cccnc2)c(Cl)cc1Cl. The number of pyridine rings is 1. The van der Waals surface area contributed by atoms with Gasteiger partial charge >= 0.3 is 0 Å². The number of rotatable bonds is 7. The van der Waals surface area contributed by atoms with Gasteiger partial charge in [-0.05, 0) is 29.7 Å². The predicted molar refractivity (Wildman–Crippen MR) is 102 cm³/mol. The first-order chi connectivity index (χ1) is 12.2. The van der Waals surface area contributed by atoms with Crippen molar-refractivity contribution in [2.75, 3.05) is 6.54 Å². The van der Waals surface area contributed by atoms with Gasteiger partial charge in [0, 0.05) is 25.5 Å². The van der Waals surface area contributed by atoms with Gasteiger partial charge in [0.1, 0.15) is 4.90 Å². The standard InChI is InChI=1S/C17H19Cl2N3O3S/c1-11(2)8-22-26(24,25)16-6-13(14(18)7-15(16)19)17(23)21-10-12-4-3-5-20-9-12/h3-7,9,11,22H,8,10H2,1-2H3,(H,21,23). The van der Waals surface area contributed by atoms with Crippen LogP contribution in [0.25, 0.3) is 0 Å². The number of sulfonamides is 1. The van der Waals surface area contributed by atoms with Crippen molar-refractivity contribution in [1.82, 2.24) is 15.0 Å². The van der Waals surface area contributed by atoms with Crippen molar-refractivity contribution in [2.45, 2.75) is 25.3 Å². The number of amides is 1. The van der Waals surface area contributed by atoms with Crippen LogP contribution in [0.3, 0.4) is 0 Å². The number of nitrogens with zero attached hydrogens (tertiary/aromatic N) is 1. The van der Waals surface area contributed by atoms with Gasteiger partial charge in [0.2, 0.25) is 10.0 Å². The Bertz CT molecular complexity index is 888. The molecule has 2 rings (SSSR count). The highest BCUT2D eigenvalue weighted by atomic mass is 35.5. The van der Waals surface area contributed by atoms with Crippen molar-refractivity contribution in [3.8, 4) is 0 Å². The summed E-state index contributed by atoms with van der Waals surface area (Å²) in [6.45, 7) is 4.25. The molecule has 0 unspecified atom stereocenters. The van der Waals surface area contributed by atoms with Crippen molar-refractivity contribution in [3.05, 3.63) is 57.8 Å². The highest BCUT2D eigenvalue weighted by Crippen LogP contribution is 2.28. The molecule has 6 nitrogen and oxygen atoms in total. The molecule has 9 heteroatoms. The molecule has 0 aliphatic rings. The summed E-state index contributed by atoms with van der Waals surface area (Å²) in [6, 6.07) is 6.00. The summed E-state index contributed by atoms with van der Waals surface area (Å²) in [5.74, 6) is -0.381. The van der Waals surface area contributed by atoms with Crippen LogP contribution in [0.5, 0.6) is 0 Å². The normalized spacial score (nSPS) is 11.6. The lowest BCUT2D eigenvalue weighted by Crippen LogP contribution is -2.28. The second kappa shape index (κ2) is 8.81. The number of nitrogens with one attached hydrogen (secondary N) is 2. The molecule has 0 spiro atoms. The monoisotopic (exact) mass is 415 g/mol. The molecule has 1 heterocycles. The lowest BCUT2D eigenvalue weighted by atomic mass is 10.2. The van der Waals surface area contributed by atoms with Gasteiger partial charge in [-0.25, -0.2) is 13.1 Å². The van der Waals surface area contributed by atoms with Crippen molar-refractivity contribution in [2.24, 2.45) is 5.92 Å². The summed E-state index contributed by atoms with van der Waals surface area (Å²) in [5, 5.41) is 2.71. The summed E-state index contributed by atoms with van der Waals surface area (Å²) in [5.41, 5.74) is 0.835. The maximum atomic E-state index is 12.4. The van der Waals surface area contributed by atoms with Crippen molar-refractivity contribution >= 4 is 39.1 Å². The third-order valence-electron chi connectivity index (χ3n) is 3.41. The molecule has 140 valence electrons. The Morgan fingerprint density at radius 2 is 1.96 bits per heavy atom. The molecule has 0 atom stereocenters. The lowest BCUT2D eigenvalue weighted by Gasteiger charge is -2.13. The van der Waals surface area contributed by atoms with E-state index in [1.54, 1.807) is 18.5 Å². The van der Waals surface area contributed by atoms with Crippen LogP contribution >= 0.6 is 23.2 Å². The second-order valence-electron chi connectivity index (χ2n) is 6.05. The van der Waals surface area contributed by atoms with E-state index in [1.807, 2.05) is 19.9 Å². The van der Waals surface area contributed by atoms with Crippen LogP contribution in [0, 0.1) is 5.92 Å². The molecule has 0 bridgehead atoms. The van der Waals surface area contributed by atoms with Crippen LogP contribution < -0.4 is 10.0 Å². The minimum Gasteiger partial charge on any atom is -0.348 e. The van der Waals surface area contributed by atoms with E-state index in [1.165, 1.54) is 12.1 Å². The third-order valence-corrected chi connectivity index (χ3v) is 5.61. The molecular weight excluding hydrogens is 397 g/mol. The van der Waals surface area contributed by atoms with Gasteiger partial charge in [-0.15, -0.1) is 0 Å². The molecule has 0 saturated heterocycles. The van der Waals surface area contributed by atoms with E-state index in [9.17, 15) is 13.2 Å². The van der Waals surface area contributed by atoms with E-state index in [-0.39, 0.29) is 39.5 Å². The number of halogens is 2. The van der Waals surface area contributed by atoms with E-state index in [0.29, 0.717) is 0 Å². The summed E-state index contributed by atoms with van der Waals surface area (Å²) < 4.78 is 27.4. The number of hydrogen-bond donors (Lipinski definition) is 2. The van der Waals surface area contributed by atoms with Gasteiger partial charge in [0.05, 0.1) is 15.6 Å². The molecule has 0 fully saturated rings. The number of benzene rings is 1. The lowest BCUT2D eigenvalue weighted by molar-refractivity contribution is 0.0951. The summed E-state index contributed by atoms with van der Waals surface area (Å²) >= 11 is 12.1.